The molecule has 6 heteroatoms. The van der Waals surface area contributed by atoms with Gasteiger partial charge in [0.1, 0.15) is 5.92 Å². The lowest BCUT2D eigenvalue weighted by Gasteiger charge is -2.10. The fraction of sp³-hybridized carbons (Fsp3) is 0.400. The van der Waals surface area contributed by atoms with E-state index in [-0.39, 0.29) is 11.7 Å². The standard InChI is InChI=1S/C5H4N4O2/c10-4-2-1-6-9-3(2)7-5(11)8-4/h2H,1H2,(H,8,10,11). The topological polar surface area (TPSA) is 83.2 Å². The van der Waals surface area contributed by atoms with E-state index in [2.05, 4.69) is 20.5 Å². The second kappa shape index (κ2) is 1.94. The Morgan fingerprint density at radius 1 is 1.45 bits per heavy atom. The lowest BCUT2D eigenvalue weighted by Crippen LogP contribution is -2.42. The van der Waals surface area contributed by atoms with Crippen LogP contribution in [0.4, 0.5) is 4.79 Å². The van der Waals surface area contributed by atoms with Crippen molar-refractivity contribution in [2.75, 3.05) is 6.54 Å². The number of fused-ring (bicyclic) bond motifs is 1. The molecule has 2 aliphatic rings. The van der Waals surface area contributed by atoms with Gasteiger partial charge in [-0.05, 0) is 0 Å². The summed E-state index contributed by atoms with van der Waals surface area (Å²) in [5, 5.41) is 9.21. The zero-order chi connectivity index (χ0) is 7.84. The number of carbonyl (C=O) groups excluding carboxylic acids is 2. The molecule has 1 N–H and O–H groups in total. The van der Waals surface area contributed by atoms with E-state index in [1.165, 1.54) is 0 Å². The van der Waals surface area contributed by atoms with Gasteiger partial charge in [-0.15, -0.1) is 5.11 Å². The molecule has 1 unspecified atom stereocenters. The van der Waals surface area contributed by atoms with Crippen LogP contribution in [-0.2, 0) is 4.79 Å². The van der Waals surface area contributed by atoms with Gasteiger partial charge in [0, 0.05) is 0 Å². The highest BCUT2D eigenvalue weighted by Gasteiger charge is 2.33. The van der Waals surface area contributed by atoms with Crippen LogP contribution in [0.15, 0.2) is 15.2 Å². The number of imide groups is 1. The van der Waals surface area contributed by atoms with Gasteiger partial charge in [-0.1, -0.05) is 0 Å². The van der Waals surface area contributed by atoms with Crippen molar-refractivity contribution in [1.82, 2.24) is 5.32 Å². The number of amides is 3. The monoisotopic (exact) mass is 152 g/mol. The molecule has 3 amide bonds. The van der Waals surface area contributed by atoms with E-state index in [1.807, 2.05) is 0 Å². The fourth-order valence-corrected chi connectivity index (χ4v) is 0.971. The number of rotatable bonds is 0. The van der Waals surface area contributed by atoms with Gasteiger partial charge < -0.3 is 0 Å². The molecule has 0 bridgehead atoms. The van der Waals surface area contributed by atoms with Crippen molar-refractivity contribution in [3.05, 3.63) is 0 Å². The number of hydrogen-bond acceptors (Lipinski definition) is 4. The maximum Gasteiger partial charge on any atom is 0.349 e. The summed E-state index contributed by atoms with van der Waals surface area (Å²) in [5.74, 6) is -0.559. The molecule has 0 aliphatic carbocycles. The number of amidine groups is 1. The summed E-state index contributed by atoms with van der Waals surface area (Å²) in [6.07, 6.45) is 0. The van der Waals surface area contributed by atoms with Crippen LogP contribution in [0.25, 0.3) is 0 Å². The van der Waals surface area contributed by atoms with E-state index in [0.29, 0.717) is 6.54 Å². The molecular formula is C5H4N4O2. The first-order valence-corrected chi connectivity index (χ1v) is 3.08. The third-order valence-electron chi connectivity index (χ3n) is 1.51. The minimum atomic E-state index is -0.651. The van der Waals surface area contributed by atoms with Crippen molar-refractivity contribution < 1.29 is 9.59 Å². The van der Waals surface area contributed by atoms with Gasteiger partial charge in [0.25, 0.3) is 0 Å². The summed E-state index contributed by atoms with van der Waals surface area (Å²) in [6, 6.07) is -0.651. The molecule has 6 nitrogen and oxygen atoms in total. The first kappa shape index (κ1) is 6.14. The number of hydrogen-bond donors (Lipinski definition) is 1. The molecule has 0 spiro atoms. The fourth-order valence-electron chi connectivity index (χ4n) is 0.971. The molecule has 0 radical (unpaired) electrons. The van der Waals surface area contributed by atoms with Crippen LogP contribution in [0, 0.1) is 5.92 Å². The first-order valence-electron chi connectivity index (χ1n) is 3.08. The van der Waals surface area contributed by atoms with E-state index in [9.17, 15) is 9.59 Å². The van der Waals surface area contributed by atoms with Gasteiger partial charge in [0.05, 0.1) is 6.54 Å². The molecule has 0 saturated carbocycles. The van der Waals surface area contributed by atoms with Gasteiger partial charge >= 0.3 is 6.03 Å². The van der Waals surface area contributed by atoms with Gasteiger partial charge in [0.15, 0.2) is 5.84 Å². The molecule has 2 aliphatic heterocycles. The Kier molecular flexibility index (Phi) is 1.09. The molecule has 2 heterocycles. The van der Waals surface area contributed by atoms with Gasteiger partial charge in [-0.25, -0.2) is 4.79 Å². The van der Waals surface area contributed by atoms with Crippen LogP contribution in [0.1, 0.15) is 0 Å². The van der Waals surface area contributed by atoms with Gasteiger partial charge in [0.2, 0.25) is 5.91 Å². The quantitative estimate of drug-likeness (QED) is 0.517. The van der Waals surface area contributed by atoms with Crippen molar-refractivity contribution in [2.24, 2.45) is 21.1 Å². The van der Waals surface area contributed by atoms with Crippen molar-refractivity contribution in [2.45, 2.75) is 0 Å². The SMILES string of the molecule is O=C1N=C2N=NCC2C(=O)N1. The van der Waals surface area contributed by atoms with Crippen molar-refractivity contribution in [3.8, 4) is 0 Å². The normalized spacial score (nSPS) is 28.0. The Labute approximate surface area is 61.4 Å². The zero-order valence-corrected chi connectivity index (χ0v) is 5.44. The minimum Gasteiger partial charge on any atom is -0.275 e. The third kappa shape index (κ3) is 0.830. The van der Waals surface area contributed by atoms with Gasteiger partial charge in [-0.2, -0.15) is 10.1 Å². The van der Waals surface area contributed by atoms with Crippen LogP contribution in [-0.4, -0.2) is 24.3 Å². The lowest BCUT2D eigenvalue weighted by molar-refractivity contribution is -0.121. The predicted octanol–water partition coefficient (Wildman–Crippen LogP) is -0.283. The first-order chi connectivity index (χ1) is 5.27. The van der Waals surface area contributed by atoms with Crippen molar-refractivity contribution >= 4 is 17.8 Å². The molecule has 11 heavy (non-hydrogen) atoms. The largest absolute Gasteiger partial charge is 0.349 e. The highest BCUT2D eigenvalue weighted by molar-refractivity contribution is 6.16. The molecule has 0 saturated heterocycles. The molecule has 2 rings (SSSR count). The minimum absolute atomic E-state index is 0.235. The molecule has 1 atom stereocenters. The number of urea groups is 1. The number of azo groups is 1. The van der Waals surface area contributed by atoms with Crippen LogP contribution in [0.3, 0.4) is 0 Å². The second-order valence-corrected chi connectivity index (χ2v) is 2.24. The Balaban J connectivity index is 2.40. The Morgan fingerprint density at radius 2 is 2.27 bits per heavy atom. The maximum atomic E-state index is 11.0. The molecular weight excluding hydrogens is 148 g/mol. The number of carbonyl (C=O) groups is 2. The van der Waals surface area contributed by atoms with Crippen LogP contribution >= 0.6 is 0 Å². The predicted molar refractivity (Wildman–Crippen MR) is 34.2 cm³/mol. The van der Waals surface area contributed by atoms with E-state index < -0.39 is 11.9 Å². The van der Waals surface area contributed by atoms with Gasteiger partial charge in [-0.3, -0.25) is 10.1 Å². The summed E-state index contributed by atoms with van der Waals surface area (Å²) in [6.45, 7) is 0.304. The van der Waals surface area contributed by atoms with Crippen molar-refractivity contribution in [1.29, 1.82) is 0 Å². The van der Waals surface area contributed by atoms with E-state index in [1.54, 1.807) is 0 Å². The summed E-state index contributed by atoms with van der Waals surface area (Å²) in [7, 11) is 0. The highest BCUT2D eigenvalue weighted by atomic mass is 16.2. The molecule has 0 aromatic rings. The third-order valence-corrected chi connectivity index (χ3v) is 1.51. The summed E-state index contributed by atoms with van der Waals surface area (Å²) < 4.78 is 0. The molecule has 0 fully saturated rings. The number of nitrogens with one attached hydrogen (secondary N) is 1. The van der Waals surface area contributed by atoms with E-state index in [4.69, 9.17) is 0 Å². The average molecular weight is 152 g/mol. The second-order valence-electron chi connectivity index (χ2n) is 2.24. The molecule has 0 aromatic carbocycles. The Hall–Kier alpha value is -1.59. The summed E-state index contributed by atoms with van der Waals surface area (Å²) >= 11 is 0. The zero-order valence-electron chi connectivity index (χ0n) is 5.44. The summed E-state index contributed by atoms with van der Waals surface area (Å²) in [4.78, 5) is 25.0. The highest BCUT2D eigenvalue weighted by Crippen LogP contribution is 2.14. The van der Waals surface area contributed by atoms with Crippen LogP contribution in [0.5, 0.6) is 0 Å². The lowest BCUT2D eigenvalue weighted by atomic mass is 10.1. The Morgan fingerprint density at radius 3 is 3.09 bits per heavy atom. The van der Waals surface area contributed by atoms with Crippen LogP contribution < -0.4 is 5.32 Å². The molecule has 56 valence electrons. The average Bonchev–Trinajstić information content (AvgIpc) is 2.34. The van der Waals surface area contributed by atoms with E-state index >= 15 is 0 Å². The Bertz CT molecular complexity index is 293. The number of aliphatic imine (C=N–C) groups is 1. The summed E-state index contributed by atoms with van der Waals surface area (Å²) in [5.41, 5.74) is 0. The number of nitrogens with zero attached hydrogens (tertiary/aromatic N) is 3. The smallest absolute Gasteiger partial charge is 0.275 e. The maximum absolute atomic E-state index is 11.0. The van der Waals surface area contributed by atoms with E-state index in [0.717, 1.165) is 0 Å². The van der Waals surface area contributed by atoms with Crippen molar-refractivity contribution in [3.63, 3.8) is 0 Å². The van der Waals surface area contributed by atoms with Crippen LogP contribution in [0.2, 0.25) is 0 Å². The molecule has 0 aromatic heterocycles.